The van der Waals surface area contributed by atoms with E-state index >= 15 is 0 Å². The van der Waals surface area contributed by atoms with Gasteiger partial charge in [-0.2, -0.15) is 0 Å². The Morgan fingerprint density at radius 3 is 1.63 bits per heavy atom. The van der Waals surface area contributed by atoms with E-state index < -0.39 is 0 Å². The predicted molar refractivity (Wildman–Crippen MR) is 85.6 cm³/mol. The lowest BCUT2D eigenvalue weighted by Gasteiger charge is -2.12. The van der Waals surface area contributed by atoms with Gasteiger partial charge in [-0.15, -0.1) is 0 Å². The van der Waals surface area contributed by atoms with E-state index in [9.17, 15) is 0 Å². The van der Waals surface area contributed by atoms with Gasteiger partial charge in [0, 0.05) is 18.3 Å². The first-order valence-electron chi connectivity index (χ1n) is 7.24. The van der Waals surface area contributed by atoms with Gasteiger partial charge in [0.25, 0.3) is 0 Å². The maximum Gasteiger partial charge on any atom is 0.0270 e. The van der Waals surface area contributed by atoms with Gasteiger partial charge in [0.2, 0.25) is 0 Å². The van der Waals surface area contributed by atoms with E-state index in [1.165, 1.54) is 16.7 Å². The molecule has 1 atom stereocenters. The summed E-state index contributed by atoms with van der Waals surface area (Å²) in [4.78, 5) is 4.04. The van der Waals surface area contributed by atoms with Crippen LogP contribution in [0.3, 0.4) is 0 Å². The summed E-state index contributed by atoms with van der Waals surface area (Å²) in [5.74, 6) is 0.439. The third-order valence-corrected chi connectivity index (χ3v) is 2.78. The monoisotopic (exact) mass is 257 g/mol. The molecule has 1 aromatic carbocycles. The van der Waals surface area contributed by atoms with Gasteiger partial charge in [-0.05, 0) is 30.2 Å². The van der Waals surface area contributed by atoms with E-state index in [0.717, 1.165) is 0 Å². The van der Waals surface area contributed by atoms with Crippen LogP contribution in [-0.4, -0.2) is 4.98 Å². The number of rotatable bonds is 2. The first-order valence-corrected chi connectivity index (χ1v) is 7.24. The fourth-order valence-corrected chi connectivity index (χ4v) is 1.70. The van der Waals surface area contributed by atoms with Gasteiger partial charge in [-0.3, -0.25) is 4.98 Å². The van der Waals surface area contributed by atoms with Crippen molar-refractivity contribution in [3.05, 3.63) is 65.5 Å². The maximum atomic E-state index is 4.04. The molecule has 1 aromatic heterocycles. The molecule has 0 saturated carbocycles. The molecule has 0 fully saturated rings. The number of benzene rings is 1. The molecule has 0 saturated heterocycles. The highest BCUT2D eigenvalue weighted by atomic mass is 14.6. The molecule has 1 unspecified atom stereocenters. The van der Waals surface area contributed by atoms with Crippen LogP contribution in [0.4, 0.5) is 0 Å². The van der Waals surface area contributed by atoms with Gasteiger partial charge in [0.1, 0.15) is 0 Å². The molecule has 0 N–H and O–H groups in total. The lowest BCUT2D eigenvalue weighted by Crippen LogP contribution is -1.95. The number of aromatic nitrogens is 1. The highest BCUT2D eigenvalue weighted by Gasteiger charge is 2.06. The van der Waals surface area contributed by atoms with Crippen molar-refractivity contribution in [1.82, 2.24) is 4.98 Å². The van der Waals surface area contributed by atoms with Gasteiger partial charge in [0.05, 0.1) is 0 Å². The van der Waals surface area contributed by atoms with E-state index in [2.05, 4.69) is 55.2 Å². The number of aryl methyl sites for hydroxylation is 1. The van der Waals surface area contributed by atoms with Gasteiger partial charge in [0.15, 0.2) is 0 Å². The van der Waals surface area contributed by atoms with Crippen molar-refractivity contribution in [3.63, 3.8) is 0 Å². The molecule has 0 radical (unpaired) electrons. The average molecular weight is 257 g/mol. The molecule has 0 aliphatic heterocycles. The topological polar surface area (TPSA) is 12.9 Å². The Morgan fingerprint density at radius 2 is 1.16 bits per heavy atom. The predicted octanol–water partition coefficient (Wildman–Crippen LogP) is 5.59. The first kappa shape index (κ1) is 17.4. The summed E-state index contributed by atoms with van der Waals surface area (Å²) in [5.41, 5.74) is 3.97. The van der Waals surface area contributed by atoms with Crippen LogP contribution in [0.15, 0.2) is 48.8 Å². The minimum atomic E-state index is 0.439. The van der Waals surface area contributed by atoms with Crippen LogP contribution in [0.1, 0.15) is 57.2 Å². The second-order valence-corrected chi connectivity index (χ2v) is 3.91. The fourth-order valence-electron chi connectivity index (χ4n) is 1.70. The summed E-state index contributed by atoms with van der Waals surface area (Å²) in [7, 11) is 0. The van der Waals surface area contributed by atoms with Crippen LogP contribution in [0.5, 0.6) is 0 Å². The second-order valence-electron chi connectivity index (χ2n) is 3.91. The molecule has 104 valence electrons. The van der Waals surface area contributed by atoms with E-state index in [0.29, 0.717) is 5.92 Å². The van der Waals surface area contributed by atoms with Crippen LogP contribution < -0.4 is 0 Å². The van der Waals surface area contributed by atoms with Crippen molar-refractivity contribution in [1.29, 1.82) is 0 Å². The van der Waals surface area contributed by atoms with Crippen molar-refractivity contribution in [3.8, 4) is 0 Å². The molecular weight excluding hydrogens is 230 g/mol. The van der Waals surface area contributed by atoms with E-state index in [1.807, 2.05) is 40.1 Å². The summed E-state index contributed by atoms with van der Waals surface area (Å²) in [6.07, 6.45) is 3.69. The van der Waals surface area contributed by atoms with Gasteiger partial charge >= 0.3 is 0 Å². The average Bonchev–Trinajstić information content (AvgIpc) is 2.52. The molecule has 0 aliphatic carbocycles. The Labute approximate surface area is 118 Å². The van der Waals surface area contributed by atoms with Crippen molar-refractivity contribution in [2.45, 2.75) is 47.5 Å². The standard InChI is InChI=1S/C14H15N.2C2H6/c1-11-3-5-13(6-4-11)12(2)14-7-9-15-10-8-14;2*1-2/h3-10,12H,1-2H3;2*1-2H3. The molecule has 0 amide bonds. The number of hydrogen-bond donors (Lipinski definition) is 0. The zero-order valence-corrected chi connectivity index (χ0v) is 13.1. The third kappa shape index (κ3) is 5.69. The molecule has 19 heavy (non-hydrogen) atoms. The lowest BCUT2D eigenvalue weighted by molar-refractivity contribution is 0.916. The molecule has 2 aromatic rings. The minimum Gasteiger partial charge on any atom is -0.265 e. The summed E-state index contributed by atoms with van der Waals surface area (Å²) in [5, 5.41) is 0. The van der Waals surface area contributed by atoms with Crippen molar-refractivity contribution in [2.75, 3.05) is 0 Å². The van der Waals surface area contributed by atoms with Crippen LogP contribution in [0.2, 0.25) is 0 Å². The smallest absolute Gasteiger partial charge is 0.0270 e. The van der Waals surface area contributed by atoms with Crippen LogP contribution >= 0.6 is 0 Å². The molecular formula is C18H27N. The van der Waals surface area contributed by atoms with E-state index in [-0.39, 0.29) is 0 Å². The van der Waals surface area contributed by atoms with Crippen LogP contribution in [-0.2, 0) is 0 Å². The fraction of sp³-hybridized carbons (Fsp3) is 0.389. The largest absolute Gasteiger partial charge is 0.265 e. The van der Waals surface area contributed by atoms with Gasteiger partial charge in [-0.25, -0.2) is 0 Å². The summed E-state index contributed by atoms with van der Waals surface area (Å²) in [6, 6.07) is 12.9. The Hall–Kier alpha value is -1.63. The summed E-state index contributed by atoms with van der Waals surface area (Å²) >= 11 is 0. The number of hydrogen-bond acceptors (Lipinski definition) is 1. The van der Waals surface area contributed by atoms with Gasteiger partial charge < -0.3 is 0 Å². The minimum absolute atomic E-state index is 0.439. The Morgan fingerprint density at radius 1 is 0.737 bits per heavy atom. The maximum absolute atomic E-state index is 4.04. The first-order chi connectivity index (χ1) is 9.27. The molecule has 2 rings (SSSR count). The molecule has 0 bridgehead atoms. The molecule has 1 nitrogen and oxygen atoms in total. The molecule has 1 heterocycles. The highest BCUT2D eigenvalue weighted by Crippen LogP contribution is 2.23. The SMILES string of the molecule is CC.CC.Cc1ccc(C(C)c2ccncc2)cc1. The Kier molecular flexibility index (Phi) is 9.42. The van der Waals surface area contributed by atoms with Crippen LogP contribution in [0, 0.1) is 6.92 Å². The summed E-state index contributed by atoms with van der Waals surface area (Å²) < 4.78 is 0. The lowest BCUT2D eigenvalue weighted by atomic mass is 9.93. The van der Waals surface area contributed by atoms with Gasteiger partial charge in [-0.1, -0.05) is 64.4 Å². The highest BCUT2D eigenvalue weighted by molar-refractivity contribution is 5.32. The summed E-state index contributed by atoms with van der Waals surface area (Å²) in [6.45, 7) is 12.3. The molecule has 0 spiro atoms. The van der Waals surface area contributed by atoms with E-state index in [4.69, 9.17) is 0 Å². The Bertz CT molecular complexity index is 417. The van der Waals surface area contributed by atoms with E-state index in [1.54, 1.807) is 0 Å². The normalized spacial score (nSPS) is 10.4. The molecule has 0 aliphatic rings. The van der Waals surface area contributed by atoms with Crippen molar-refractivity contribution >= 4 is 0 Å². The number of pyridine rings is 1. The quantitative estimate of drug-likeness (QED) is 0.683. The zero-order valence-electron chi connectivity index (χ0n) is 13.1. The Balaban J connectivity index is 0.000000741. The van der Waals surface area contributed by atoms with Crippen molar-refractivity contribution < 1.29 is 0 Å². The second kappa shape index (κ2) is 10.3. The van der Waals surface area contributed by atoms with Crippen molar-refractivity contribution in [2.24, 2.45) is 0 Å². The zero-order chi connectivity index (χ0) is 14.7. The third-order valence-electron chi connectivity index (χ3n) is 2.78. The van der Waals surface area contributed by atoms with Crippen LogP contribution in [0.25, 0.3) is 0 Å². The molecule has 1 heteroatoms. The number of nitrogens with zero attached hydrogens (tertiary/aromatic N) is 1.